The number of ketones is 1. The molecule has 110 valence electrons. The van der Waals surface area contributed by atoms with Crippen molar-refractivity contribution < 1.29 is 4.79 Å². The van der Waals surface area contributed by atoms with Crippen LogP contribution in [-0.2, 0) is 6.42 Å². The highest BCUT2D eigenvalue weighted by Gasteiger charge is 2.19. The molecule has 0 saturated heterocycles. The highest BCUT2D eigenvalue weighted by atomic mass is 79.9. The number of carbonyl (C=O) groups excluding carboxylic acids is 1. The number of halogens is 1. The van der Waals surface area contributed by atoms with Crippen LogP contribution in [0, 0.1) is 11.3 Å². The molecule has 0 bridgehead atoms. The molecule has 0 saturated carbocycles. The molecule has 2 heterocycles. The molecule has 4 nitrogen and oxygen atoms in total. The first-order valence-corrected chi connectivity index (χ1v) is 8.83. The van der Waals surface area contributed by atoms with Gasteiger partial charge < -0.3 is 11.1 Å². The monoisotopic (exact) mass is 383 g/mol. The second kappa shape index (κ2) is 7.07. The van der Waals surface area contributed by atoms with E-state index in [1.165, 1.54) is 16.2 Å². The van der Waals surface area contributed by atoms with E-state index in [1.54, 1.807) is 18.3 Å². The van der Waals surface area contributed by atoms with Gasteiger partial charge in [0, 0.05) is 17.8 Å². The molecule has 21 heavy (non-hydrogen) atoms. The first kappa shape index (κ1) is 16.0. The third-order valence-electron chi connectivity index (χ3n) is 2.92. The zero-order valence-corrected chi connectivity index (χ0v) is 14.6. The summed E-state index contributed by atoms with van der Waals surface area (Å²) in [6.07, 6.45) is 1.24. The van der Waals surface area contributed by atoms with Crippen LogP contribution >= 0.6 is 38.6 Å². The molecule has 2 aromatic rings. The van der Waals surface area contributed by atoms with Gasteiger partial charge in [-0.3, -0.25) is 4.79 Å². The molecule has 2 rings (SSSR count). The number of nitriles is 1. The van der Waals surface area contributed by atoms with Gasteiger partial charge >= 0.3 is 0 Å². The van der Waals surface area contributed by atoms with E-state index in [4.69, 9.17) is 5.73 Å². The van der Waals surface area contributed by atoms with Crippen LogP contribution in [0.3, 0.4) is 0 Å². The molecule has 0 spiro atoms. The molecular weight excluding hydrogens is 370 g/mol. The second-order valence-electron chi connectivity index (χ2n) is 4.32. The van der Waals surface area contributed by atoms with Crippen molar-refractivity contribution in [2.24, 2.45) is 0 Å². The van der Waals surface area contributed by atoms with Gasteiger partial charge in [-0.15, -0.1) is 22.7 Å². The summed E-state index contributed by atoms with van der Waals surface area (Å²) in [6.45, 7) is 2.48. The standard InChI is InChI=1S/C14H14BrN3OS2/c1-2-10(19)13-12(17)9(7-16)14(21-13)18-6-5-8-3-4-11(15)20-8/h3-4,18H,2,5-6,17H2,1H3. The maximum atomic E-state index is 11.8. The number of thiophene rings is 2. The van der Waals surface area contributed by atoms with Crippen LogP contribution in [0.5, 0.6) is 0 Å². The normalized spacial score (nSPS) is 10.3. The van der Waals surface area contributed by atoms with Crippen molar-refractivity contribution >= 4 is 55.1 Å². The second-order valence-corrected chi connectivity index (χ2v) is 7.89. The molecule has 0 radical (unpaired) electrons. The molecule has 0 fully saturated rings. The Morgan fingerprint density at radius 1 is 1.48 bits per heavy atom. The summed E-state index contributed by atoms with van der Waals surface area (Å²) in [4.78, 5) is 13.5. The van der Waals surface area contributed by atoms with Gasteiger partial charge in [0.2, 0.25) is 0 Å². The maximum absolute atomic E-state index is 11.8. The maximum Gasteiger partial charge on any atom is 0.174 e. The average Bonchev–Trinajstić information content (AvgIpc) is 3.02. The summed E-state index contributed by atoms with van der Waals surface area (Å²) < 4.78 is 1.10. The molecule has 0 unspecified atom stereocenters. The van der Waals surface area contributed by atoms with Gasteiger partial charge in [0.1, 0.15) is 16.6 Å². The number of anilines is 2. The van der Waals surface area contributed by atoms with Crippen LogP contribution in [-0.4, -0.2) is 12.3 Å². The SMILES string of the molecule is CCC(=O)c1sc(NCCc2ccc(Br)s2)c(C#N)c1N. The van der Waals surface area contributed by atoms with E-state index >= 15 is 0 Å². The Balaban J connectivity index is 2.09. The number of nitrogen functional groups attached to an aromatic ring is 1. The van der Waals surface area contributed by atoms with Crippen LogP contribution < -0.4 is 11.1 Å². The van der Waals surface area contributed by atoms with Crippen molar-refractivity contribution in [3.8, 4) is 6.07 Å². The molecule has 0 aromatic carbocycles. The Morgan fingerprint density at radius 2 is 2.24 bits per heavy atom. The number of rotatable bonds is 6. The number of hydrogen-bond acceptors (Lipinski definition) is 6. The van der Waals surface area contributed by atoms with E-state index in [0.29, 0.717) is 34.1 Å². The Kier molecular flexibility index (Phi) is 5.39. The van der Waals surface area contributed by atoms with E-state index in [9.17, 15) is 10.1 Å². The lowest BCUT2D eigenvalue weighted by atomic mass is 10.2. The molecule has 2 aromatic heterocycles. The van der Waals surface area contributed by atoms with Crippen molar-refractivity contribution in [3.05, 3.63) is 31.2 Å². The fraction of sp³-hybridized carbons (Fsp3) is 0.286. The third-order valence-corrected chi connectivity index (χ3v) is 5.80. The van der Waals surface area contributed by atoms with Gasteiger partial charge in [-0.05, 0) is 34.5 Å². The van der Waals surface area contributed by atoms with Gasteiger partial charge in [0.25, 0.3) is 0 Å². The smallest absolute Gasteiger partial charge is 0.174 e. The van der Waals surface area contributed by atoms with E-state index in [2.05, 4.69) is 33.4 Å². The topological polar surface area (TPSA) is 78.9 Å². The first-order valence-electron chi connectivity index (χ1n) is 6.40. The lowest BCUT2D eigenvalue weighted by molar-refractivity contribution is 0.0993. The Hall–Kier alpha value is -1.36. The summed E-state index contributed by atoms with van der Waals surface area (Å²) in [6, 6.07) is 6.16. The summed E-state index contributed by atoms with van der Waals surface area (Å²) in [7, 11) is 0. The fourth-order valence-electron chi connectivity index (χ4n) is 1.83. The number of nitrogens with zero attached hydrogens (tertiary/aromatic N) is 1. The van der Waals surface area contributed by atoms with E-state index in [0.717, 1.165) is 10.2 Å². The lowest BCUT2D eigenvalue weighted by Crippen LogP contribution is -2.03. The Morgan fingerprint density at radius 3 is 2.81 bits per heavy atom. The van der Waals surface area contributed by atoms with E-state index in [1.807, 2.05) is 6.07 Å². The quantitative estimate of drug-likeness (QED) is 0.729. The minimum Gasteiger partial charge on any atom is -0.396 e. The largest absolute Gasteiger partial charge is 0.396 e. The highest BCUT2D eigenvalue weighted by molar-refractivity contribution is 9.11. The van der Waals surface area contributed by atoms with E-state index in [-0.39, 0.29) is 5.78 Å². The summed E-state index contributed by atoms with van der Waals surface area (Å²) in [5, 5.41) is 13.1. The zero-order valence-electron chi connectivity index (χ0n) is 11.4. The van der Waals surface area contributed by atoms with E-state index < -0.39 is 0 Å². The van der Waals surface area contributed by atoms with Gasteiger partial charge in [0.05, 0.1) is 14.4 Å². The fourth-order valence-corrected chi connectivity index (χ4v) is 4.42. The molecule has 0 atom stereocenters. The summed E-state index contributed by atoms with van der Waals surface area (Å²) in [5.41, 5.74) is 6.58. The summed E-state index contributed by atoms with van der Waals surface area (Å²) >= 11 is 6.39. The first-order chi connectivity index (χ1) is 10.1. The molecule has 0 amide bonds. The third kappa shape index (κ3) is 3.64. The zero-order chi connectivity index (χ0) is 15.4. The summed E-state index contributed by atoms with van der Waals surface area (Å²) in [5.74, 6) is -0.0239. The Bertz CT molecular complexity index is 700. The van der Waals surface area contributed by atoms with Crippen molar-refractivity contribution in [3.63, 3.8) is 0 Å². The average molecular weight is 384 g/mol. The molecular formula is C14H14BrN3OS2. The minimum absolute atomic E-state index is 0.0239. The van der Waals surface area contributed by atoms with Crippen LogP contribution in [0.1, 0.15) is 33.5 Å². The number of nitrogens with two attached hydrogens (primary N) is 1. The molecule has 0 aliphatic rings. The number of hydrogen-bond donors (Lipinski definition) is 2. The van der Waals surface area contributed by atoms with Crippen LogP contribution in [0.15, 0.2) is 15.9 Å². The van der Waals surface area contributed by atoms with Crippen LogP contribution in [0.4, 0.5) is 10.7 Å². The van der Waals surface area contributed by atoms with Gasteiger partial charge in [-0.1, -0.05) is 6.92 Å². The van der Waals surface area contributed by atoms with Crippen molar-refractivity contribution in [2.75, 3.05) is 17.6 Å². The van der Waals surface area contributed by atoms with Gasteiger partial charge in [-0.25, -0.2) is 0 Å². The van der Waals surface area contributed by atoms with Crippen molar-refractivity contribution in [1.29, 1.82) is 5.26 Å². The van der Waals surface area contributed by atoms with Gasteiger partial charge in [0.15, 0.2) is 5.78 Å². The van der Waals surface area contributed by atoms with Gasteiger partial charge in [-0.2, -0.15) is 5.26 Å². The number of carbonyl (C=O) groups is 1. The molecule has 3 N–H and O–H groups in total. The van der Waals surface area contributed by atoms with Crippen molar-refractivity contribution in [2.45, 2.75) is 19.8 Å². The van der Waals surface area contributed by atoms with Crippen LogP contribution in [0.2, 0.25) is 0 Å². The predicted octanol–water partition coefficient (Wildman–Crippen LogP) is 4.27. The molecule has 7 heteroatoms. The number of nitrogens with one attached hydrogen (secondary N) is 1. The lowest BCUT2D eigenvalue weighted by Gasteiger charge is -2.02. The Labute approximate surface area is 139 Å². The van der Waals surface area contributed by atoms with Crippen molar-refractivity contribution in [1.82, 2.24) is 0 Å². The number of Topliss-reactive ketones (excluding diaryl/α,β-unsaturated/α-hetero) is 1. The minimum atomic E-state index is -0.0239. The molecule has 0 aliphatic carbocycles. The molecule has 0 aliphatic heterocycles. The van der Waals surface area contributed by atoms with Crippen LogP contribution in [0.25, 0.3) is 0 Å². The predicted molar refractivity (Wildman–Crippen MR) is 92.3 cm³/mol. The highest BCUT2D eigenvalue weighted by Crippen LogP contribution is 2.36.